The van der Waals surface area contributed by atoms with E-state index in [0.717, 1.165) is 17.7 Å². The minimum atomic E-state index is -0.765. The number of piperidine rings is 1. The van der Waals surface area contributed by atoms with E-state index in [1.807, 2.05) is 36.1 Å². The molecular formula is C19H24ClNO4S. The first kappa shape index (κ1) is 19.5. The number of halogens is 1. The molecule has 2 aliphatic rings. The standard InChI is InChI=1S/C19H24ClNO4S/c1-12(26-15-4-2-14(20)3-5-15)18(22)21-9-6-13(7-10-21)17-16(19(23)24)8-11-25-17/h2-5,12-13,16-17H,6-11H2,1H3,(H,23,24)/t12?,16?,17-/m0/s1. The number of carbonyl (C=O) groups is 2. The predicted octanol–water partition coefficient (Wildman–Crippen LogP) is 3.55. The molecule has 1 amide bonds. The average Bonchev–Trinajstić information content (AvgIpc) is 3.13. The highest BCUT2D eigenvalue weighted by atomic mass is 35.5. The Balaban J connectivity index is 1.51. The quantitative estimate of drug-likeness (QED) is 0.769. The van der Waals surface area contributed by atoms with E-state index in [-0.39, 0.29) is 23.2 Å². The predicted molar refractivity (Wildman–Crippen MR) is 102 cm³/mol. The summed E-state index contributed by atoms with van der Waals surface area (Å²) in [7, 11) is 0. The lowest BCUT2D eigenvalue weighted by Gasteiger charge is -2.36. The summed E-state index contributed by atoms with van der Waals surface area (Å²) in [4.78, 5) is 27.0. The van der Waals surface area contributed by atoms with Crippen molar-refractivity contribution in [3.8, 4) is 0 Å². The second-order valence-corrected chi connectivity index (χ2v) is 8.80. The molecule has 26 heavy (non-hydrogen) atoms. The average molecular weight is 398 g/mol. The molecule has 2 fully saturated rings. The molecule has 0 bridgehead atoms. The van der Waals surface area contributed by atoms with Gasteiger partial charge in [-0.15, -0.1) is 11.8 Å². The molecule has 2 saturated heterocycles. The van der Waals surface area contributed by atoms with Crippen LogP contribution in [0.3, 0.4) is 0 Å². The number of thioether (sulfide) groups is 1. The molecule has 3 rings (SSSR count). The molecule has 3 atom stereocenters. The van der Waals surface area contributed by atoms with Gasteiger partial charge >= 0.3 is 5.97 Å². The van der Waals surface area contributed by atoms with Crippen LogP contribution in [0.1, 0.15) is 26.2 Å². The van der Waals surface area contributed by atoms with Gasteiger partial charge in [-0.05, 0) is 56.4 Å². The summed E-state index contributed by atoms with van der Waals surface area (Å²) in [6.07, 6.45) is 2.00. The summed E-state index contributed by atoms with van der Waals surface area (Å²) >= 11 is 7.43. The fourth-order valence-electron chi connectivity index (χ4n) is 3.81. The molecule has 1 N–H and O–H groups in total. The zero-order chi connectivity index (χ0) is 18.7. The molecule has 0 spiro atoms. The third-order valence-corrected chi connectivity index (χ3v) is 6.59. The highest BCUT2D eigenvalue weighted by Gasteiger charge is 2.41. The van der Waals surface area contributed by atoms with Crippen molar-refractivity contribution in [2.45, 2.75) is 42.4 Å². The summed E-state index contributed by atoms with van der Waals surface area (Å²) in [5.41, 5.74) is 0. The normalized spacial score (nSPS) is 25.2. The van der Waals surface area contributed by atoms with E-state index >= 15 is 0 Å². The molecule has 2 heterocycles. The number of amides is 1. The summed E-state index contributed by atoms with van der Waals surface area (Å²) in [5.74, 6) is -0.812. The molecule has 1 aromatic carbocycles. The van der Waals surface area contributed by atoms with Gasteiger partial charge in [-0.2, -0.15) is 0 Å². The van der Waals surface area contributed by atoms with Gasteiger partial charge in [0.2, 0.25) is 5.91 Å². The lowest BCUT2D eigenvalue weighted by Crippen LogP contribution is -2.45. The van der Waals surface area contributed by atoms with E-state index in [0.29, 0.717) is 31.1 Å². The van der Waals surface area contributed by atoms with Crippen molar-refractivity contribution in [1.29, 1.82) is 0 Å². The number of nitrogens with zero attached hydrogens (tertiary/aromatic N) is 1. The zero-order valence-electron chi connectivity index (χ0n) is 14.8. The lowest BCUT2D eigenvalue weighted by molar-refractivity contribution is -0.145. The van der Waals surface area contributed by atoms with Crippen LogP contribution in [-0.2, 0) is 14.3 Å². The second-order valence-electron chi connectivity index (χ2n) is 6.95. The van der Waals surface area contributed by atoms with Crippen molar-refractivity contribution in [3.05, 3.63) is 29.3 Å². The molecule has 0 aliphatic carbocycles. The van der Waals surface area contributed by atoms with E-state index in [2.05, 4.69) is 0 Å². The Hall–Kier alpha value is -1.24. The van der Waals surface area contributed by atoms with E-state index in [1.54, 1.807) is 0 Å². The molecule has 0 radical (unpaired) electrons. The maximum atomic E-state index is 12.7. The van der Waals surface area contributed by atoms with E-state index in [1.165, 1.54) is 11.8 Å². The number of hydrogen-bond acceptors (Lipinski definition) is 4. The van der Waals surface area contributed by atoms with Gasteiger partial charge in [-0.3, -0.25) is 9.59 Å². The van der Waals surface area contributed by atoms with Crippen molar-refractivity contribution in [2.75, 3.05) is 19.7 Å². The van der Waals surface area contributed by atoms with Gasteiger partial charge in [0.1, 0.15) is 0 Å². The van der Waals surface area contributed by atoms with Crippen LogP contribution < -0.4 is 0 Å². The van der Waals surface area contributed by atoms with Gasteiger partial charge in [0.05, 0.1) is 17.3 Å². The van der Waals surface area contributed by atoms with Gasteiger partial charge in [-0.1, -0.05) is 11.6 Å². The van der Waals surface area contributed by atoms with E-state index in [9.17, 15) is 14.7 Å². The molecule has 2 unspecified atom stereocenters. The molecule has 0 aromatic heterocycles. The Morgan fingerprint density at radius 3 is 2.50 bits per heavy atom. The van der Waals surface area contributed by atoms with Crippen molar-refractivity contribution < 1.29 is 19.4 Å². The molecule has 5 nitrogen and oxygen atoms in total. The first-order valence-electron chi connectivity index (χ1n) is 9.01. The number of rotatable bonds is 5. The highest BCUT2D eigenvalue weighted by Crippen LogP contribution is 2.34. The van der Waals surface area contributed by atoms with Crippen LogP contribution in [0.5, 0.6) is 0 Å². The number of benzene rings is 1. The van der Waals surface area contributed by atoms with E-state index in [4.69, 9.17) is 16.3 Å². The minimum Gasteiger partial charge on any atom is -0.481 e. The number of aliphatic carboxylic acids is 1. The third-order valence-electron chi connectivity index (χ3n) is 5.24. The molecule has 1 aromatic rings. The molecule has 7 heteroatoms. The number of carbonyl (C=O) groups excluding carboxylic acids is 1. The topological polar surface area (TPSA) is 66.8 Å². The van der Waals surface area contributed by atoms with Crippen LogP contribution >= 0.6 is 23.4 Å². The second kappa shape index (κ2) is 8.63. The Bertz CT molecular complexity index is 645. The summed E-state index contributed by atoms with van der Waals surface area (Å²) in [5, 5.41) is 9.85. The highest BCUT2D eigenvalue weighted by molar-refractivity contribution is 8.00. The zero-order valence-corrected chi connectivity index (χ0v) is 16.3. The Morgan fingerprint density at radius 2 is 1.88 bits per heavy atom. The number of carboxylic acids is 1. The minimum absolute atomic E-state index is 0.130. The van der Waals surface area contributed by atoms with Gasteiger partial charge in [-0.25, -0.2) is 0 Å². The Labute approximate surface area is 163 Å². The summed E-state index contributed by atoms with van der Waals surface area (Å²) in [6.45, 7) is 3.78. The summed E-state index contributed by atoms with van der Waals surface area (Å²) in [6, 6.07) is 7.50. The maximum absolute atomic E-state index is 12.7. The van der Waals surface area contributed by atoms with Crippen molar-refractivity contribution >= 4 is 35.2 Å². The first-order valence-corrected chi connectivity index (χ1v) is 10.3. The first-order chi connectivity index (χ1) is 12.5. The van der Waals surface area contributed by atoms with Crippen molar-refractivity contribution in [1.82, 2.24) is 4.90 Å². The van der Waals surface area contributed by atoms with Gasteiger partial charge in [0.25, 0.3) is 0 Å². The van der Waals surface area contributed by atoms with E-state index < -0.39 is 11.9 Å². The monoisotopic (exact) mass is 397 g/mol. The number of ether oxygens (including phenoxy) is 1. The van der Waals surface area contributed by atoms with Crippen LogP contribution in [0.2, 0.25) is 5.02 Å². The number of likely N-dealkylation sites (tertiary alicyclic amines) is 1. The fraction of sp³-hybridized carbons (Fsp3) is 0.579. The lowest BCUT2D eigenvalue weighted by atomic mass is 9.84. The van der Waals surface area contributed by atoms with Crippen LogP contribution in [0.15, 0.2) is 29.2 Å². The number of hydrogen-bond donors (Lipinski definition) is 1. The molecule has 2 aliphatic heterocycles. The molecule has 142 valence electrons. The number of carboxylic acid groups (broad SMARTS) is 1. The van der Waals surface area contributed by atoms with Crippen LogP contribution in [0.4, 0.5) is 0 Å². The molecular weight excluding hydrogens is 374 g/mol. The fourth-order valence-corrected chi connectivity index (χ4v) is 4.89. The summed E-state index contributed by atoms with van der Waals surface area (Å²) < 4.78 is 5.70. The SMILES string of the molecule is CC(Sc1ccc(Cl)cc1)C(=O)N1CCC([C@@H]2OCCC2C(=O)O)CC1. The van der Waals surface area contributed by atoms with Crippen LogP contribution in [0.25, 0.3) is 0 Å². The van der Waals surface area contributed by atoms with Crippen molar-refractivity contribution in [3.63, 3.8) is 0 Å². The van der Waals surface area contributed by atoms with Gasteiger partial charge in [0.15, 0.2) is 0 Å². The smallest absolute Gasteiger partial charge is 0.309 e. The largest absolute Gasteiger partial charge is 0.481 e. The Morgan fingerprint density at radius 1 is 1.23 bits per heavy atom. The van der Waals surface area contributed by atoms with Gasteiger partial charge in [0, 0.05) is 29.6 Å². The van der Waals surface area contributed by atoms with Crippen LogP contribution in [0, 0.1) is 11.8 Å². The third kappa shape index (κ3) is 4.53. The molecule has 0 saturated carbocycles. The van der Waals surface area contributed by atoms with Gasteiger partial charge < -0.3 is 14.7 Å². The maximum Gasteiger partial charge on any atom is 0.309 e. The Kier molecular flexibility index (Phi) is 6.48. The van der Waals surface area contributed by atoms with Crippen LogP contribution in [-0.4, -0.2) is 52.9 Å². The van der Waals surface area contributed by atoms with Crippen molar-refractivity contribution in [2.24, 2.45) is 11.8 Å².